The van der Waals surface area contributed by atoms with Crippen LogP contribution in [0.2, 0.25) is 0 Å². The number of rotatable bonds is 7. The lowest BCUT2D eigenvalue weighted by molar-refractivity contribution is -0.118. The molecule has 2 aromatic heterocycles. The molecule has 2 heterocycles. The van der Waals surface area contributed by atoms with Crippen LogP contribution in [-0.4, -0.2) is 23.0 Å². The van der Waals surface area contributed by atoms with Crippen LogP contribution in [-0.2, 0) is 11.2 Å². The zero-order chi connectivity index (χ0) is 18.5. The first-order valence-corrected chi connectivity index (χ1v) is 8.59. The Morgan fingerprint density at radius 2 is 1.92 bits per heavy atom. The number of carbonyl (C=O) groups excluding carboxylic acids is 1. The highest BCUT2D eigenvalue weighted by Crippen LogP contribution is 2.24. The number of carbonyl (C=O) groups is 1. The Bertz CT molecular complexity index is 867. The van der Waals surface area contributed by atoms with Crippen molar-refractivity contribution in [3.8, 4) is 16.9 Å². The van der Waals surface area contributed by atoms with Gasteiger partial charge in [-0.3, -0.25) is 9.78 Å². The number of aryl methyl sites for hydroxylation is 1. The van der Waals surface area contributed by atoms with Crippen molar-refractivity contribution >= 4 is 5.78 Å². The summed E-state index contributed by atoms with van der Waals surface area (Å²) in [5.41, 5.74) is 3.91. The molecule has 5 heteroatoms. The molecule has 0 N–H and O–H groups in total. The van der Waals surface area contributed by atoms with E-state index in [1.54, 1.807) is 19.5 Å². The van der Waals surface area contributed by atoms with Crippen molar-refractivity contribution in [2.24, 2.45) is 0 Å². The second kappa shape index (κ2) is 7.95. The van der Waals surface area contributed by atoms with Crippen LogP contribution in [0.5, 0.6) is 5.75 Å². The lowest BCUT2D eigenvalue weighted by Gasteiger charge is -2.11. The molecule has 3 rings (SSSR count). The average molecular weight is 350 g/mol. The van der Waals surface area contributed by atoms with Gasteiger partial charge in [0.15, 0.2) is 0 Å². The van der Waals surface area contributed by atoms with Gasteiger partial charge in [0, 0.05) is 30.0 Å². The van der Waals surface area contributed by atoms with E-state index in [2.05, 4.69) is 10.1 Å². The Hall–Kier alpha value is -2.95. The fourth-order valence-electron chi connectivity index (χ4n) is 2.93. The zero-order valence-electron chi connectivity index (χ0n) is 15.2. The van der Waals surface area contributed by atoms with Gasteiger partial charge in [0.2, 0.25) is 0 Å². The quantitative estimate of drug-likeness (QED) is 0.633. The van der Waals surface area contributed by atoms with Crippen LogP contribution in [0.3, 0.4) is 0 Å². The molecular weight excluding hydrogens is 328 g/mol. The maximum atomic E-state index is 12.4. The summed E-state index contributed by atoms with van der Waals surface area (Å²) in [7, 11) is 1.61. The van der Waals surface area contributed by atoms with E-state index in [9.17, 15) is 4.79 Å². The van der Waals surface area contributed by atoms with Gasteiger partial charge >= 0.3 is 0 Å². The van der Waals surface area contributed by atoms with E-state index in [4.69, 9.17) is 9.26 Å². The summed E-state index contributed by atoms with van der Waals surface area (Å²) >= 11 is 0. The number of hydrogen-bond donors (Lipinski definition) is 0. The Kier molecular flexibility index (Phi) is 5.46. The molecule has 0 saturated heterocycles. The van der Waals surface area contributed by atoms with E-state index >= 15 is 0 Å². The van der Waals surface area contributed by atoms with Crippen LogP contribution in [0.25, 0.3) is 11.1 Å². The monoisotopic (exact) mass is 350 g/mol. The standard InChI is InChI=1S/C21H22N2O3/c1-14(21-9-8-19(25-3)12-22-21)10-18(24)11-16-4-6-17(7-5-16)20-13-23-26-15(20)2/h4-9,12-14H,10-11H2,1-3H3/t14-/m0/s1. The van der Waals surface area contributed by atoms with Gasteiger partial charge in [0.25, 0.3) is 0 Å². The normalized spacial score (nSPS) is 12.0. The maximum Gasteiger partial charge on any atom is 0.141 e. The predicted molar refractivity (Wildman–Crippen MR) is 99.2 cm³/mol. The van der Waals surface area contributed by atoms with Crippen molar-refractivity contribution in [3.63, 3.8) is 0 Å². The molecule has 1 aromatic carbocycles. The zero-order valence-corrected chi connectivity index (χ0v) is 15.2. The van der Waals surface area contributed by atoms with Crippen molar-refractivity contribution in [3.05, 3.63) is 65.8 Å². The molecule has 26 heavy (non-hydrogen) atoms. The minimum Gasteiger partial charge on any atom is -0.495 e. The highest BCUT2D eigenvalue weighted by Gasteiger charge is 2.14. The first kappa shape index (κ1) is 17.9. The molecular formula is C21H22N2O3. The second-order valence-corrected chi connectivity index (χ2v) is 6.44. The summed E-state index contributed by atoms with van der Waals surface area (Å²) in [6, 6.07) is 11.7. The number of Topliss-reactive ketones (excluding diaryl/α,β-unsaturated/α-hetero) is 1. The summed E-state index contributed by atoms with van der Waals surface area (Å²) in [5, 5.41) is 3.80. The van der Waals surface area contributed by atoms with E-state index in [1.165, 1.54) is 0 Å². The molecule has 0 bridgehead atoms. The minimum atomic E-state index is 0.0762. The lowest BCUT2D eigenvalue weighted by Crippen LogP contribution is -2.08. The summed E-state index contributed by atoms with van der Waals surface area (Å²) in [6.07, 6.45) is 4.27. The number of ether oxygens (including phenoxy) is 1. The van der Waals surface area contributed by atoms with Crippen molar-refractivity contribution in [2.45, 2.75) is 32.6 Å². The van der Waals surface area contributed by atoms with E-state index in [0.717, 1.165) is 33.9 Å². The summed E-state index contributed by atoms with van der Waals surface area (Å²) < 4.78 is 10.2. The third kappa shape index (κ3) is 4.17. The summed E-state index contributed by atoms with van der Waals surface area (Å²) in [5.74, 6) is 1.78. The first-order chi connectivity index (χ1) is 12.6. The number of aromatic nitrogens is 2. The van der Waals surface area contributed by atoms with E-state index in [-0.39, 0.29) is 11.7 Å². The first-order valence-electron chi connectivity index (χ1n) is 8.59. The fourth-order valence-corrected chi connectivity index (χ4v) is 2.93. The van der Waals surface area contributed by atoms with E-state index < -0.39 is 0 Å². The van der Waals surface area contributed by atoms with Crippen molar-refractivity contribution < 1.29 is 14.1 Å². The van der Waals surface area contributed by atoms with Crippen LogP contribution in [0, 0.1) is 6.92 Å². The topological polar surface area (TPSA) is 65.2 Å². The van der Waals surface area contributed by atoms with Crippen molar-refractivity contribution in [2.75, 3.05) is 7.11 Å². The molecule has 0 spiro atoms. The summed E-state index contributed by atoms with van der Waals surface area (Å²) in [6.45, 7) is 3.90. The lowest BCUT2D eigenvalue weighted by atomic mass is 9.96. The number of ketones is 1. The Morgan fingerprint density at radius 3 is 2.50 bits per heavy atom. The molecule has 0 aliphatic rings. The van der Waals surface area contributed by atoms with Gasteiger partial charge in [0.05, 0.1) is 19.5 Å². The molecule has 0 radical (unpaired) electrons. The second-order valence-electron chi connectivity index (χ2n) is 6.44. The van der Waals surface area contributed by atoms with Crippen LogP contribution in [0.4, 0.5) is 0 Å². The van der Waals surface area contributed by atoms with Crippen LogP contribution < -0.4 is 4.74 Å². The summed E-state index contributed by atoms with van der Waals surface area (Å²) in [4.78, 5) is 16.8. The number of hydrogen-bond acceptors (Lipinski definition) is 5. The minimum absolute atomic E-state index is 0.0762. The number of nitrogens with zero attached hydrogens (tertiary/aromatic N) is 2. The van der Waals surface area contributed by atoms with Gasteiger partial charge in [-0.05, 0) is 30.2 Å². The van der Waals surface area contributed by atoms with Gasteiger partial charge in [-0.15, -0.1) is 0 Å². The third-order valence-corrected chi connectivity index (χ3v) is 4.45. The highest BCUT2D eigenvalue weighted by atomic mass is 16.5. The van der Waals surface area contributed by atoms with Gasteiger partial charge in [-0.25, -0.2) is 0 Å². The van der Waals surface area contributed by atoms with Crippen molar-refractivity contribution in [1.29, 1.82) is 0 Å². The molecule has 0 aliphatic carbocycles. The SMILES string of the molecule is COc1ccc([C@@H](C)CC(=O)Cc2ccc(-c3cnoc3C)cc2)nc1. The van der Waals surface area contributed by atoms with E-state index in [1.807, 2.05) is 50.2 Å². The Labute approximate surface area is 153 Å². The molecule has 3 aromatic rings. The molecule has 0 aliphatic heterocycles. The van der Waals surface area contributed by atoms with Crippen LogP contribution >= 0.6 is 0 Å². The number of benzene rings is 1. The molecule has 134 valence electrons. The molecule has 0 fully saturated rings. The largest absolute Gasteiger partial charge is 0.495 e. The number of methoxy groups -OCH3 is 1. The number of pyridine rings is 1. The third-order valence-electron chi connectivity index (χ3n) is 4.45. The molecule has 0 unspecified atom stereocenters. The molecule has 0 saturated carbocycles. The highest BCUT2D eigenvalue weighted by molar-refractivity contribution is 5.81. The molecule has 5 nitrogen and oxygen atoms in total. The van der Waals surface area contributed by atoms with Gasteiger partial charge in [-0.2, -0.15) is 0 Å². The van der Waals surface area contributed by atoms with E-state index in [0.29, 0.717) is 12.8 Å². The Balaban J connectivity index is 1.59. The van der Waals surface area contributed by atoms with Crippen molar-refractivity contribution in [1.82, 2.24) is 10.1 Å². The predicted octanol–water partition coefficient (Wildman–Crippen LogP) is 4.36. The fraction of sp³-hybridized carbons (Fsp3) is 0.286. The average Bonchev–Trinajstić information content (AvgIpc) is 3.08. The van der Waals surface area contributed by atoms with Gasteiger partial charge in [-0.1, -0.05) is 36.3 Å². The smallest absolute Gasteiger partial charge is 0.141 e. The molecule has 0 amide bonds. The van der Waals surface area contributed by atoms with Crippen LogP contribution in [0.15, 0.2) is 53.3 Å². The molecule has 1 atom stereocenters. The Morgan fingerprint density at radius 1 is 1.15 bits per heavy atom. The maximum absolute atomic E-state index is 12.4. The van der Waals surface area contributed by atoms with Gasteiger partial charge < -0.3 is 9.26 Å². The van der Waals surface area contributed by atoms with Gasteiger partial charge in [0.1, 0.15) is 17.3 Å². The van der Waals surface area contributed by atoms with Crippen LogP contribution in [0.1, 0.15) is 36.3 Å².